The lowest BCUT2D eigenvalue weighted by Crippen LogP contribution is -2.56. The van der Waals surface area contributed by atoms with Crippen molar-refractivity contribution in [3.63, 3.8) is 0 Å². The molecule has 3 heterocycles. The highest BCUT2D eigenvalue weighted by Gasteiger charge is 2.44. The Morgan fingerprint density at radius 2 is 1.89 bits per heavy atom. The van der Waals surface area contributed by atoms with E-state index >= 15 is 0 Å². The maximum absolute atomic E-state index is 14.1. The molecule has 10 nitrogen and oxygen atoms in total. The molecule has 0 spiro atoms. The Labute approximate surface area is 221 Å². The molecule has 2 N–H and O–H groups in total. The van der Waals surface area contributed by atoms with Crippen molar-refractivity contribution in [2.45, 2.75) is 63.2 Å². The number of aromatic nitrogens is 1. The van der Waals surface area contributed by atoms with Gasteiger partial charge < -0.3 is 15.1 Å². The first-order valence-electron chi connectivity index (χ1n) is 12.6. The fraction of sp³-hybridized carbons (Fsp3) is 0.407. The average Bonchev–Trinajstić information content (AvgIpc) is 3.26. The van der Waals surface area contributed by atoms with Crippen LogP contribution in [-0.2, 0) is 19.6 Å². The van der Waals surface area contributed by atoms with Crippen molar-refractivity contribution in [3.8, 4) is 0 Å². The van der Waals surface area contributed by atoms with E-state index < -0.39 is 39.7 Å². The largest absolute Gasteiger partial charge is 0.451 e. The van der Waals surface area contributed by atoms with E-state index in [0.29, 0.717) is 16.3 Å². The monoisotopic (exact) mass is 540 g/mol. The molecule has 1 aliphatic heterocycles. The molecule has 0 saturated carbocycles. The van der Waals surface area contributed by atoms with Crippen LogP contribution in [0.4, 0.5) is 0 Å². The summed E-state index contributed by atoms with van der Waals surface area (Å²) in [6.07, 6.45) is 2.09. The Morgan fingerprint density at radius 1 is 1.16 bits per heavy atom. The maximum Gasteiger partial charge on any atom is 0.287 e. The zero-order chi connectivity index (χ0) is 27.4. The van der Waals surface area contributed by atoms with E-state index in [1.54, 1.807) is 30.3 Å². The van der Waals surface area contributed by atoms with Gasteiger partial charge in [-0.2, -0.15) is 8.42 Å². The second-order valence-corrected chi connectivity index (χ2v) is 11.7. The van der Waals surface area contributed by atoms with Crippen molar-refractivity contribution in [3.05, 3.63) is 60.5 Å². The predicted molar refractivity (Wildman–Crippen MR) is 141 cm³/mol. The first-order chi connectivity index (χ1) is 18.1. The number of carbonyl (C=O) groups excluding carboxylic acids is 3. The molecule has 2 aromatic heterocycles. The topological polar surface area (TPSA) is 139 Å². The molecule has 3 atom stereocenters. The minimum Gasteiger partial charge on any atom is -0.451 e. The molecule has 3 aromatic rings. The Hall–Kier alpha value is -3.57. The van der Waals surface area contributed by atoms with Gasteiger partial charge in [0.1, 0.15) is 17.7 Å². The number of hydrogen-bond acceptors (Lipinski definition) is 8. The minimum atomic E-state index is -4.52. The normalized spacial score (nSPS) is 19.2. The van der Waals surface area contributed by atoms with Crippen LogP contribution in [0.2, 0.25) is 0 Å². The summed E-state index contributed by atoms with van der Waals surface area (Å²) >= 11 is 0. The molecule has 1 aromatic carbocycles. The van der Waals surface area contributed by atoms with Gasteiger partial charge in [0.05, 0.1) is 6.54 Å². The number of benzene rings is 1. The number of rotatable bonds is 8. The van der Waals surface area contributed by atoms with Crippen LogP contribution in [0.3, 0.4) is 0 Å². The number of Topliss-reactive ketones (excluding diaryl/α,β-unsaturated/α-hetero) is 1. The van der Waals surface area contributed by atoms with E-state index in [0.717, 1.165) is 5.39 Å². The SMILES string of the molecule is CC(C)C[C@H](NC(=O)c1cc2ccccc2o1)C(=O)N([C@H]1CC[C@H](C)NCC1=O)S(=O)(=O)c1ccccn1. The van der Waals surface area contributed by atoms with Gasteiger partial charge in [0, 0.05) is 17.6 Å². The van der Waals surface area contributed by atoms with E-state index in [9.17, 15) is 22.8 Å². The molecule has 2 amide bonds. The number of sulfonamides is 1. The first kappa shape index (κ1) is 27.5. The zero-order valence-corrected chi connectivity index (χ0v) is 22.4. The molecule has 0 radical (unpaired) electrons. The first-order valence-corrected chi connectivity index (χ1v) is 14.1. The molecule has 0 unspecified atom stereocenters. The average molecular weight is 541 g/mol. The van der Waals surface area contributed by atoms with Crippen LogP contribution in [0, 0.1) is 5.92 Å². The lowest BCUT2D eigenvalue weighted by Gasteiger charge is -2.32. The van der Waals surface area contributed by atoms with Crippen LogP contribution in [0.5, 0.6) is 0 Å². The molecule has 202 valence electrons. The van der Waals surface area contributed by atoms with E-state index in [4.69, 9.17) is 4.42 Å². The summed E-state index contributed by atoms with van der Waals surface area (Å²) in [5, 5.41) is 6.10. The molecular weight excluding hydrogens is 508 g/mol. The van der Waals surface area contributed by atoms with Crippen molar-refractivity contribution in [2.24, 2.45) is 5.92 Å². The Balaban J connectivity index is 1.72. The predicted octanol–water partition coefficient (Wildman–Crippen LogP) is 2.90. The molecule has 1 fully saturated rings. The van der Waals surface area contributed by atoms with Crippen LogP contribution in [-0.4, -0.2) is 60.0 Å². The number of fused-ring (bicyclic) bond motifs is 1. The van der Waals surface area contributed by atoms with Crippen molar-refractivity contribution < 1.29 is 27.2 Å². The third-order valence-corrected chi connectivity index (χ3v) is 8.21. The molecular formula is C27H32N4O6S. The lowest BCUT2D eigenvalue weighted by molar-refractivity contribution is -0.135. The van der Waals surface area contributed by atoms with Crippen molar-refractivity contribution in [2.75, 3.05) is 6.54 Å². The van der Waals surface area contributed by atoms with Gasteiger partial charge in [0.15, 0.2) is 16.6 Å². The summed E-state index contributed by atoms with van der Waals surface area (Å²) in [6, 6.07) is 10.5. The summed E-state index contributed by atoms with van der Waals surface area (Å²) in [5.41, 5.74) is 0.509. The van der Waals surface area contributed by atoms with E-state index in [1.165, 1.54) is 18.3 Å². The highest BCUT2D eigenvalue weighted by Crippen LogP contribution is 2.25. The summed E-state index contributed by atoms with van der Waals surface area (Å²) in [6.45, 7) is 5.53. The van der Waals surface area contributed by atoms with Crippen LogP contribution in [0.15, 0.2) is 64.2 Å². The van der Waals surface area contributed by atoms with Crippen LogP contribution in [0.25, 0.3) is 11.0 Å². The summed E-state index contributed by atoms with van der Waals surface area (Å²) < 4.78 is 33.9. The fourth-order valence-corrected chi connectivity index (χ4v) is 6.09. The van der Waals surface area contributed by atoms with Crippen molar-refractivity contribution in [1.29, 1.82) is 0 Å². The van der Waals surface area contributed by atoms with Gasteiger partial charge in [0.2, 0.25) is 0 Å². The number of pyridine rings is 1. The van der Waals surface area contributed by atoms with Gasteiger partial charge in [0.25, 0.3) is 21.8 Å². The molecule has 11 heteroatoms. The van der Waals surface area contributed by atoms with Crippen LogP contribution < -0.4 is 10.6 Å². The highest BCUT2D eigenvalue weighted by molar-refractivity contribution is 7.89. The van der Waals surface area contributed by atoms with Crippen molar-refractivity contribution >= 4 is 38.6 Å². The lowest BCUT2D eigenvalue weighted by atomic mass is 10.0. The Kier molecular flexibility index (Phi) is 8.27. The third kappa shape index (κ3) is 5.94. The number of para-hydroxylation sites is 1. The van der Waals surface area contributed by atoms with Gasteiger partial charge in [-0.25, -0.2) is 9.29 Å². The maximum atomic E-state index is 14.1. The summed E-state index contributed by atoms with van der Waals surface area (Å²) in [4.78, 5) is 44.3. The Morgan fingerprint density at radius 3 is 2.58 bits per heavy atom. The molecule has 0 aliphatic carbocycles. The van der Waals surface area contributed by atoms with Crippen LogP contribution >= 0.6 is 0 Å². The van der Waals surface area contributed by atoms with Crippen LogP contribution in [0.1, 0.15) is 50.6 Å². The smallest absolute Gasteiger partial charge is 0.287 e. The van der Waals surface area contributed by atoms with E-state index in [2.05, 4.69) is 15.6 Å². The fourth-order valence-electron chi connectivity index (χ4n) is 4.52. The van der Waals surface area contributed by atoms with E-state index in [1.807, 2.05) is 26.8 Å². The van der Waals surface area contributed by atoms with E-state index in [-0.39, 0.29) is 42.1 Å². The van der Waals surface area contributed by atoms with Crippen molar-refractivity contribution in [1.82, 2.24) is 19.9 Å². The summed E-state index contributed by atoms with van der Waals surface area (Å²) in [7, 11) is -4.52. The standard InChI is InChI=1S/C27H32N4O6S/c1-17(2)14-20(30-26(33)24-15-19-8-4-5-9-23(19)37-24)27(34)31(21-12-11-18(3)29-16-22(21)32)38(35,36)25-10-6-7-13-28-25/h4-10,13,15,17-18,20-21,29H,11-12,14,16H2,1-3H3,(H,30,33)/t18-,20-,21-/m0/s1. The van der Waals surface area contributed by atoms with Gasteiger partial charge in [-0.1, -0.05) is 38.1 Å². The second kappa shape index (κ2) is 11.4. The third-order valence-electron chi connectivity index (χ3n) is 6.49. The number of ketones is 1. The molecule has 0 bridgehead atoms. The van der Waals surface area contributed by atoms with Gasteiger partial charge in [-0.15, -0.1) is 0 Å². The quantitative estimate of drug-likeness (QED) is 0.445. The van der Waals surface area contributed by atoms with Gasteiger partial charge in [-0.3, -0.25) is 14.4 Å². The zero-order valence-electron chi connectivity index (χ0n) is 21.6. The number of carbonyl (C=O) groups is 3. The highest BCUT2D eigenvalue weighted by atomic mass is 32.2. The number of amides is 2. The second-order valence-electron chi connectivity index (χ2n) is 9.95. The molecule has 1 saturated heterocycles. The Bertz CT molecular complexity index is 1390. The van der Waals surface area contributed by atoms with Gasteiger partial charge in [-0.05, 0) is 56.4 Å². The molecule has 1 aliphatic rings. The summed E-state index contributed by atoms with van der Waals surface area (Å²) in [5.74, 6) is -2.05. The molecule has 4 rings (SSSR count). The minimum absolute atomic E-state index is 0.00421. The number of hydrogen-bond donors (Lipinski definition) is 2. The molecule has 38 heavy (non-hydrogen) atoms. The number of nitrogens with one attached hydrogen (secondary N) is 2. The number of furan rings is 1. The number of nitrogens with zero attached hydrogens (tertiary/aromatic N) is 2. The van der Waals surface area contributed by atoms with Gasteiger partial charge >= 0.3 is 0 Å².